The van der Waals surface area contributed by atoms with Crippen molar-refractivity contribution in [2.24, 2.45) is 0 Å². The van der Waals surface area contributed by atoms with Crippen LogP contribution in [-0.4, -0.2) is 19.3 Å². The quantitative estimate of drug-likeness (QED) is 0.602. The van der Waals surface area contributed by atoms with Crippen LogP contribution >= 0.6 is 11.3 Å². The highest BCUT2D eigenvalue weighted by atomic mass is 32.2. The van der Waals surface area contributed by atoms with Gasteiger partial charge in [-0.15, -0.1) is 11.3 Å². The van der Waals surface area contributed by atoms with Gasteiger partial charge in [0.2, 0.25) is 5.91 Å². The average molecular weight is 441 g/mol. The van der Waals surface area contributed by atoms with Crippen LogP contribution in [0, 0.1) is 0 Å². The van der Waals surface area contributed by atoms with E-state index in [0.29, 0.717) is 0 Å². The smallest absolute Gasteiger partial charge is 0.326 e. The summed E-state index contributed by atoms with van der Waals surface area (Å²) in [5.41, 5.74) is -0.586. The summed E-state index contributed by atoms with van der Waals surface area (Å²) in [5, 5.41) is 3.95. The van der Waals surface area contributed by atoms with Gasteiger partial charge in [0.1, 0.15) is 0 Å². The van der Waals surface area contributed by atoms with Crippen LogP contribution in [-0.2, 0) is 27.4 Å². The third-order valence-electron chi connectivity index (χ3n) is 3.64. The van der Waals surface area contributed by atoms with Crippen molar-refractivity contribution in [2.45, 2.75) is 17.5 Å². The lowest BCUT2D eigenvalue weighted by molar-refractivity contribution is -0.137. The predicted octanol–water partition coefficient (Wildman–Crippen LogP) is 4.14. The van der Waals surface area contributed by atoms with E-state index in [1.807, 2.05) is 0 Å². The highest BCUT2D eigenvalue weighted by molar-refractivity contribution is 7.93. The number of sulfonamides is 1. The van der Waals surface area contributed by atoms with Crippen molar-refractivity contribution in [1.82, 2.24) is 4.98 Å². The minimum absolute atomic E-state index is 0.00468. The summed E-state index contributed by atoms with van der Waals surface area (Å²) >= 11 is 0.995. The molecule has 0 saturated carbocycles. The first-order valence-corrected chi connectivity index (χ1v) is 10.5. The number of hydrogen-bond donors (Lipinski definition) is 2. The molecule has 2 aromatic carbocycles. The summed E-state index contributed by atoms with van der Waals surface area (Å²) in [7, 11) is -3.80. The highest BCUT2D eigenvalue weighted by Gasteiger charge is 2.30. The fourth-order valence-electron chi connectivity index (χ4n) is 2.35. The van der Waals surface area contributed by atoms with Gasteiger partial charge in [-0.2, -0.15) is 13.2 Å². The topological polar surface area (TPSA) is 88.2 Å². The van der Waals surface area contributed by atoms with Crippen LogP contribution in [0.2, 0.25) is 0 Å². The molecule has 6 nitrogen and oxygen atoms in total. The van der Waals surface area contributed by atoms with Crippen LogP contribution < -0.4 is 10.0 Å². The van der Waals surface area contributed by atoms with E-state index in [2.05, 4.69) is 15.0 Å². The van der Waals surface area contributed by atoms with Crippen molar-refractivity contribution in [3.05, 3.63) is 71.2 Å². The molecule has 0 aliphatic rings. The Morgan fingerprint density at radius 3 is 2.48 bits per heavy atom. The van der Waals surface area contributed by atoms with Crippen molar-refractivity contribution >= 4 is 38.1 Å². The highest BCUT2D eigenvalue weighted by Crippen LogP contribution is 2.30. The third-order valence-corrected chi connectivity index (χ3v) is 5.93. The summed E-state index contributed by atoms with van der Waals surface area (Å²) < 4.78 is 65.1. The van der Waals surface area contributed by atoms with Gasteiger partial charge in [0.25, 0.3) is 10.0 Å². The third kappa shape index (κ3) is 5.55. The summed E-state index contributed by atoms with van der Waals surface area (Å²) in [6.07, 6.45) is -4.74. The SMILES string of the molecule is O=C(Cc1csc(NS(=O)(=O)c2ccccc2)n1)Nc1cccc(C(F)(F)F)c1. The number of benzene rings is 2. The molecule has 29 heavy (non-hydrogen) atoms. The van der Waals surface area contributed by atoms with Gasteiger partial charge in [-0.1, -0.05) is 24.3 Å². The molecule has 3 rings (SSSR count). The van der Waals surface area contributed by atoms with Crippen molar-refractivity contribution < 1.29 is 26.4 Å². The second kappa shape index (κ2) is 8.21. The maximum atomic E-state index is 12.7. The number of thiazole rings is 1. The largest absolute Gasteiger partial charge is 0.416 e. The number of nitrogens with one attached hydrogen (secondary N) is 2. The molecule has 1 aromatic heterocycles. The number of anilines is 2. The molecule has 0 aliphatic heterocycles. The molecule has 3 aromatic rings. The number of hydrogen-bond acceptors (Lipinski definition) is 5. The zero-order valence-electron chi connectivity index (χ0n) is 14.6. The van der Waals surface area contributed by atoms with Crippen molar-refractivity contribution in [3.63, 3.8) is 0 Å². The summed E-state index contributed by atoms with van der Waals surface area (Å²) in [6.45, 7) is 0. The van der Waals surface area contributed by atoms with Crippen LogP contribution in [0.1, 0.15) is 11.3 Å². The van der Waals surface area contributed by atoms with Gasteiger partial charge in [-0.05, 0) is 30.3 Å². The summed E-state index contributed by atoms with van der Waals surface area (Å²) in [4.78, 5) is 16.2. The van der Waals surface area contributed by atoms with E-state index in [1.54, 1.807) is 18.2 Å². The van der Waals surface area contributed by atoms with Crippen molar-refractivity contribution in [2.75, 3.05) is 10.0 Å². The first-order valence-electron chi connectivity index (χ1n) is 8.13. The molecule has 0 fully saturated rings. The molecule has 0 bridgehead atoms. The van der Waals surface area contributed by atoms with Gasteiger partial charge >= 0.3 is 6.18 Å². The zero-order valence-corrected chi connectivity index (χ0v) is 16.2. The molecular formula is C18H14F3N3O3S2. The van der Waals surface area contributed by atoms with E-state index in [-0.39, 0.29) is 27.8 Å². The molecule has 1 amide bonds. The molecule has 0 aliphatic carbocycles. The Hall–Kier alpha value is -2.92. The fraction of sp³-hybridized carbons (Fsp3) is 0.111. The van der Waals surface area contributed by atoms with Crippen molar-refractivity contribution in [1.29, 1.82) is 0 Å². The Bertz CT molecular complexity index is 1110. The standard InChI is InChI=1S/C18H14F3N3O3S2/c19-18(20,21)12-5-4-6-13(9-12)22-16(25)10-14-11-28-17(23-14)24-29(26,27)15-7-2-1-3-8-15/h1-9,11H,10H2,(H,22,25)(H,23,24). The number of carbonyl (C=O) groups is 1. The van der Waals surface area contributed by atoms with Gasteiger partial charge in [0.05, 0.1) is 22.6 Å². The van der Waals surface area contributed by atoms with E-state index in [1.165, 1.54) is 29.6 Å². The first kappa shape index (κ1) is 20.8. The van der Waals surface area contributed by atoms with Crippen LogP contribution in [0.5, 0.6) is 0 Å². The van der Waals surface area contributed by atoms with E-state index in [9.17, 15) is 26.4 Å². The lowest BCUT2D eigenvalue weighted by Gasteiger charge is -2.09. The van der Waals surface area contributed by atoms with Crippen LogP contribution in [0.4, 0.5) is 24.0 Å². The number of amides is 1. The molecule has 0 saturated heterocycles. The molecular weight excluding hydrogens is 427 g/mol. The molecule has 1 heterocycles. The second-order valence-electron chi connectivity index (χ2n) is 5.87. The normalized spacial score (nSPS) is 11.8. The Kier molecular flexibility index (Phi) is 5.89. The minimum atomic E-state index is -4.51. The first-order chi connectivity index (χ1) is 13.6. The van der Waals surface area contributed by atoms with Gasteiger partial charge in [0.15, 0.2) is 5.13 Å². The predicted molar refractivity (Wildman–Crippen MR) is 103 cm³/mol. The second-order valence-corrected chi connectivity index (χ2v) is 8.41. The molecule has 11 heteroatoms. The summed E-state index contributed by atoms with van der Waals surface area (Å²) in [6, 6.07) is 12.0. The van der Waals surface area contributed by atoms with Gasteiger partial charge < -0.3 is 5.32 Å². The van der Waals surface area contributed by atoms with Crippen LogP contribution in [0.3, 0.4) is 0 Å². The average Bonchev–Trinajstić information content (AvgIpc) is 3.08. The molecule has 0 radical (unpaired) electrons. The number of carbonyl (C=O) groups excluding carboxylic acids is 1. The number of alkyl halides is 3. The van der Waals surface area contributed by atoms with Crippen molar-refractivity contribution in [3.8, 4) is 0 Å². The zero-order chi connectivity index (χ0) is 21.1. The van der Waals surface area contributed by atoms with Crippen LogP contribution in [0.15, 0.2) is 64.9 Å². The maximum absolute atomic E-state index is 12.7. The number of nitrogens with zero attached hydrogens (tertiary/aromatic N) is 1. The Balaban J connectivity index is 1.64. The van der Waals surface area contributed by atoms with E-state index in [0.717, 1.165) is 23.5 Å². The Labute approximate surface area is 168 Å². The molecule has 0 spiro atoms. The van der Waals surface area contributed by atoms with Gasteiger partial charge in [0, 0.05) is 11.1 Å². The molecule has 0 unspecified atom stereocenters. The minimum Gasteiger partial charge on any atom is -0.326 e. The van der Waals surface area contributed by atoms with E-state index >= 15 is 0 Å². The van der Waals surface area contributed by atoms with E-state index < -0.39 is 27.7 Å². The van der Waals surface area contributed by atoms with E-state index in [4.69, 9.17) is 0 Å². The number of aromatic nitrogens is 1. The van der Waals surface area contributed by atoms with Crippen LogP contribution in [0.25, 0.3) is 0 Å². The molecule has 0 atom stereocenters. The van der Waals surface area contributed by atoms with Gasteiger partial charge in [-0.3, -0.25) is 9.52 Å². The monoisotopic (exact) mass is 441 g/mol. The maximum Gasteiger partial charge on any atom is 0.416 e. The van der Waals surface area contributed by atoms with Gasteiger partial charge in [-0.25, -0.2) is 13.4 Å². The Morgan fingerprint density at radius 2 is 1.79 bits per heavy atom. The fourth-order valence-corrected chi connectivity index (χ4v) is 4.34. The number of rotatable bonds is 6. The molecule has 152 valence electrons. The lowest BCUT2D eigenvalue weighted by atomic mass is 10.2. The summed E-state index contributed by atoms with van der Waals surface area (Å²) in [5.74, 6) is -0.577. The molecule has 2 N–H and O–H groups in total. The number of halogens is 3. The lowest BCUT2D eigenvalue weighted by Crippen LogP contribution is -2.16. The Morgan fingerprint density at radius 1 is 1.07 bits per heavy atom.